The molecule has 0 aromatic heterocycles. The number of hydrogen-bond donors (Lipinski definition) is 3. The Morgan fingerprint density at radius 3 is 2.48 bits per heavy atom. The summed E-state index contributed by atoms with van der Waals surface area (Å²) in [6, 6.07) is 11.7. The van der Waals surface area contributed by atoms with Crippen LogP contribution in [-0.4, -0.2) is 47.1 Å². The molecule has 1 heterocycles. The van der Waals surface area contributed by atoms with Crippen LogP contribution in [0.3, 0.4) is 0 Å². The number of nitrogens with zero attached hydrogens (tertiary/aromatic N) is 1. The van der Waals surface area contributed by atoms with Crippen molar-refractivity contribution in [3.63, 3.8) is 0 Å². The normalized spacial score (nSPS) is 18.1. The molecule has 4 N–H and O–H groups in total. The molecule has 0 spiro atoms. The smallest absolute Gasteiger partial charge is 0.243 e. The Morgan fingerprint density at radius 2 is 1.87 bits per heavy atom. The van der Waals surface area contributed by atoms with Crippen molar-refractivity contribution in [2.75, 3.05) is 13.2 Å². The molecule has 6 nitrogen and oxygen atoms in total. The number of rotatable bonds is 7. The van der Waals surface area contributed by atoms with E-state index in [1.807, 2.05) is 13.8 Å². The standard InChI is InChI=1S/C24H30FN3O3/c1-15(2)22(26)24(31)28-13-5-8-21(28)23(30)27-20(14-29)17-11-9-16(10-12-17)18-6-3-4-7-19(18)25/h3-4,6-7,9-12,15,20-22,29H,5,8,13-14,26H2,1-2H3,(H,27,30). The highest BCUT2D eigenvalue weighted by Crippen LogP contribution is 2.25. The van der Waals surface area contributed by atoms with Crippen LogP contribution in [0, 0.1) is 11.7 Å². The van der Waals surface area contributed by atoms with Gasteiger partial charge in [-0.1, -0.05) is 56.3 Å². The predicted molar refractivity (Wildman–Crippen MR) is 117 cm³/mol. The van der Waals surface area contributed by atoms with Gasteiger partial charge in [0.25, 0.3) is 0 Å². The van der Waals surface area contributed by atoms with E-state index in [2.05, 4.69) is 5.32 Å². The first kappa shape index (κ1) is 22.9. The fraction of sp³-hybridized carbons (Fsp3) is 0.417. The second-order valence-electron chi connectivity index (χ2n) is 8.31. The summed E-state index contributed by atoms with van der Waals surface area (Å²) >= 11 is 0. The summed E-state index contributed by atoms with van der Waals surface area (Å²) in [5, 5.41) is 12.7. The Labute approximate surface area is 182 Å². The molecular formula is C24H30FN3O3. The van der Waals surface area contributed by atoms with Crippen LogP contribution in [0.25, 0.3) is 11.1 Å². The largest absolute Gasteiger partial charge is 0.394 e. The number of nitrogens with two attached hydrogens (primary N) is 1. The minimum absolute atomic E-state index is 0.0185. The minimum atomic E-state index is -0.645. The highest BCUT2D eigenvalue weighted by atomic mass is 19.1. The Hall–Kier alpha value is -2.77. The van der Waals surface area contributed by atoms with Crippen molar-refractivity contribution in [3.05, 3.63) is 59.9 Å². The van der Waals surface area contributed by atoms with Crippen LogP contribution in [0.5, 0.6) is 0 Å². The van der Waals surface area contributed by atoms with Gasteiger partial charge in [-0.05, 0) is 36.0 Å². The maximum atomic E-state index is 14.0. The first-order valence-electron chi connectivity index (χ1n) is 10.7. The monoisotopic (exact) mass is 427 g/mol. The summed E-state index contributed by atoms with van der Waals surface area (Å²) in [5.41, 5.74) is 7.90. The molecule has 2 aromatic carbocycles. The molecule has 7 heteroatoms. The predicted octanol–water partition coefficient (Wildman–Crippen LogP) is 2.62. The van der Waals surface area contributed by atoms with E-state index in [4.69, 9.17) is 5.73 Å². The Kier molecular flexibility index (Phi) is 7.41. The van der Waals surface area contributed by atoms with Crippen LogP contribution in [0.4, 0.5) is 4.39 Å². The van der Waals surface area contributed by atoms with Gasteiger partial charge in [-0.15, -0.1) is 0 Å². The van der Waals surface area contributed by atoms with Gasteiger partial charge in [0.05, 0.1) is 18.7 Å². The lowest BCUT2D eigenvalue weighted by atomic mass is 10.00. The molecule has 1 aliphatic rings. The molecule has 0 bridgehead atoms. The second-order valence-corrected chi connectivity index (χ2v) is 8.31. The fourth-order valence-corrected chi connectivity index (χ4v) is 3.87. The van der Waals surface area contributed by atoms with Crippen molar-refractivity contribution in [2.24, 2.45) is 11.7 Å². The zero-order chi connectivity index (χ0) is 22.5. The van der Waals surface area contributed by atoms with Crippen LogP contribution >= 0.6 is 0 Å². The molecule has 1 aliphatic heterocycles. The van der Waals surface area contributed by atoms with Gasteiger partial charge in [0, 0.05) is 12.1 Å². The second kappa shape index (κ2) is 10.0. The number of amides is 2. The van der Waals surface area contributed by atoms with E-state index < -0.39 is 18.1 Å². The van der Waals surface area contributed by atoms with E-state index in [9.17, 15) is 19.1 Å². The molecule has 2 aromatic rings. The van der Waals surface area contributed by atoms with Gasteiger partial charge >= 0.3 is 0 Å². The minimum Gasteiger partial charge on any atom is -0.394 e. The number of carbonyl (C=O) groups is 2. The lowest BCUT2D eigenvalue weighted by Crippen LogP contribution is -2.53. The summed E-state index contributed by atoms with van der Waals surface area (Å²) in [7, 11) is 0. The molecule has 0 aliphatic carbocycles. The van der Waals surface area contributed by atoms with Gasteiger partial charge < -0.3 is 21.1 Å². The molecule has 3 atom stereocenters. The third kappa shape index (κ3) is 5.11. The molecule has 31 heavy (non-hydrogen) atoms. The van der Waals surface area contributed by atoms with Crippen LogP contribution < -0.4 is 11.1 Å². The number of benzene rings is 2. The maximum Gasteiger partial charge on any atom is 0.243 e. The number of hydrogen-bond acceptors (Lipinski definition) is 4. The zero-order valence-electron chi connectivity index (χ0n) is 17.9. The first-order chi connectivity index (χ1) is 14.8. The van der Waals surface area contributed by atoms with Crippen molar-refractivity contribution >= 4 is 11.8 Å². The summed E-state index contributed by atoms with van der Waals surface area (Å²) in [6.45, 7) is 3.95. The molecule has 3 rings (SSSR count). The first-order valence-corrected chi connectivity index (χ1v) is 10.7. The van der Waals surface area contributed by atoms with Crippen molar-refractivity contribution in [1.82, 2.24) is 10.2 Å². The lowest BCUT2D eigenvalue weighted by Gasteiger charge is -2.29. The maximum absolute atomic E-state index is 14.0. The number of halogens is 1. The molecule has 1 saturated heterocycles. The van der Waals surface area contributed by atoms with E-state index in [1.54, 1.807) is 47.4 Å². The van der Waals surface area contributed by atoms with Crippen LogP contribution in [0.2, 0.25) is 0 Å². The van der Waals surface area contributed by atoms with Gasteiger partial charge in [-0.3, -0.25) is 9.59 Å². The third-order valence-electron chi connectivity index (χ3n) is 5.84. The van der Waals surface area contributed by atoms with Crippen molar-refractivity contribution < 1.29 is 19.1 Å². The summed E-state index contributed by atoms with van der Waals surface area (Å²) < 4.78 is 14.0. The molecule has 2 amide bonds. The SMILES string of the molecule is CC(C)C(N)C(=O)N1CCCC1C(=O)NC(CO)c1ccc(-c2ccccc2F)cc1. The van der Waals surface area contributed by atoms with Crippen LogP contribution in [0.1, 0.15) is 38.3 Å². The van der Waals surface area contributed by atoms with Gasteiger partial charge in [-0.25, -0.2) is 4.39 Å². The number of likely N-dealkylation sites (tertiary alicyclic amines) is 1. The van der Waals surface area contributed by atoms with Crippen LogP contribution in [0.15, 0.2) is 48.5 Å². The molecule has 166 valence electrons. The highest BCUT2D eigenvalue weighted by Gasteiger charge is 2.37. The van der Waals surface area contributed by atoms with Crippen molar-refractivity contribution in [1.29, 1.82) is 0 Å². The average Bonchev–Trinajstić information content (AvgIpc) is 3.27. The number of carbonyl (C=O) groups excluding carboxylic acids is 2. The summed E-state index contributed by atoms with van der Waals surface area (Å²) in [6.07, 6.45) is 1.29. The third-order valence-corrected chi connectivity index (χ3v) is 5.84. The van der Waals surface area contributed by atoms with E-state index in [-0.39, 0.29) is 30.2 Å². The molecular weight excluding hydrogens is 397 g/mol. The van der Waals surface area contributed by atoms with Crippen molar-refractivity contribution in [2.45, 2.75) is 44.8 Å². The van der Waals surface area contributed by atoms with E-state index in [1.165, 1.54) is 6.07 Å². The Morgan fingerprint density at radius 1 is 1.19 bits per heavy atom. The highest BCUT2D eigenvalue weighted by molar-refractivity contribution is 5.90. The number of aliphatic hydroxyl groups is 1. The van der Waals surface area contributed by atoms with Gasteiger partial charge in [0.1, 0.15) is 11.9 Å². The van der Waals surface area contributed by atoms with Gasteiger partial charge in [-0.2, -0.15) is 0 Å². The van der Waals surface area contributed by atoms with Gasteiger partial charge in [0.15, 0.2) is 0 Å². The summed E-state index contributed by atoms with van der Waals surface area (Å²) in [4.78, 5) is 27.1. The average molecular weight is 428 g/mol. The number of aliphatic hydroxyl groups excluding tert-OH is 1. The Bertz CT molecular complexity index is 917. The zero-order valence-corrected chi connectivity index (χ0v) is 17.9. The summed E-state index contributed by atoms with van der Waals surface area (Å²) in [5.74, 6) is -0.857. The molecule has 3 unspecified atom stereocenters. The lowest BCUT2D eigenvalue weighted by molar-refractivity contribution is -0.140. The van der Waals surface area contributed by atoms with E-state index in [0.29, 0.717) is 29.7 Å². The molecule has 0 saturated carbocycles. The Balaban J connectivity index is 1.71. The topological polar surface area (TPSA) is 95.7 Å². The van der Waals surface area contributed by atoms with Crippen molar-refractivity contribution in [3.8, 4) is 11.1 Å². The van der Waals surface area contributed by atoms with Gasteiger partial charge in [0.2, 0.25) is 11.8 Å². The quantitative estimate of drug-likeness (QED) is 0.633. The van der Waals surface area contributed by atoms with Crippen LogP contribution in [-0.2, 0) is 9.59 Å². The van der Waals surface area contributed by atoms with E-state index >= 15 is 0 Å². The fourth-order valence-electron chi connectivity index (χ4n) is 3.87. The number of nitrogens with one attached hydrogen (secondary N) is 1. The molecule has 0 radical (unpaired) electrons. The molecule has 1 fully saturated rings. The van der Waals surface area contributed by atoms with E-state index in [0.717, 1.165) is 6.42 Å².